The molecule has 11 heteroatoms. The quantitative estimate of drug-likeness (QED) is 0.706. The molecule has 34 heavy (non-hydrogen) atoms. The number of aryl methyl sites for hydroxylation is 1. The van der Waals surface area contributed by atoms with Gasteiger partial charge in [-0.05, 0) is 31.6 Å². The number of anilines is 1. The number of alkyl halides is 2. The minimum absolute atomic E-state index is 0.00384. The van der Waals surface area contributed by atoms with Crippen LogP contribution in [0, 0.1) is 29.6 Å². The number of β-amino-alcohol motifs (C(OH)–C–C–N with tert-alkyl or cyclic N) is 1. The van der Waals surface area contributed by atoms with E-state index in [2.05, 4.69) is 27.7 Å². The highest BCUT2D eigenvalue weighted by molar-refractivity contribution is 6.35. The van der Waals surface area contributed by atoms with Gasteiger partial charge in [-0.15, -0.1) is 0 Å². The summed E-state index contributed by atoms with van der Waals surface area (Å²) in [5.41, 5.74) is 1.67. The molecule has 1 aliphatic carbocycles. The van der Waals surface area contributed by atoms with Crippen molar-refractivity contribution in [3.05, 3.63) is 63.6 Å². The maximum absolute atomic E-state index is 13.7. The fraction of sp³-hybridized carbons (Fsp3) is 0.261. The van der Waals surface area contributed by atoms with Crippen LogP contribution in [0.2, 0.25) is 0 Å². The van der Waals surface area contributed by atoms with Gasteiger partial charge < -0.3 is 10.0 Å². The van der Waals surface area contributed by atoms with Crippen LogP contribution in [-0.4, -0.2) is 44.6 Å². The lowest BCUT2D eigenvalue weighted by Crippen LogP contribution is -2.52. The van der Waals surface area contributed by atoms with Gasteiger partial charge in [0, 0.05) is 35.5 Å². The molecule has 1 saturated heterocycles. The Hall–Kier alpha value is -3.86. The summed E-state index contributed by atoms with van der Waals surface area (Å²) in [7, 11) is 0. The number of aliphatic hydroxyl groups excluding tert-OH is 1. The van der Waals surface area contributed by atoms with Crippen molar-refractivity contribution in [3.63, 3.8) is 0 Å². The van der Waals surface area contributed by atoms with E-state index in [1.165, 1.54) is 16.8 Å². The van der Waals surface area contributed by atoms with Crippen molar-refractivity contribution in [2.75, 3.05) is 18.0 Å². The van der Waals surface area contributed by atoms with Crippen LogP contribution >= 0.6 is 11.6 Å². The molecule has 0 amide bonds. The van der Waals surface area contributed by atoms with Gasteiger partial charge in [0.05, 0.1) is 29.2 Å². The Morgan fingerprint density at radius 3 is 2.62 bits per heavy atom. The monoisotopic (exact) mass is 481 g/mol. The molecule has 1 aliphatic heterocycles. The number of fused-ring (bicyclic) bond motifs is 1. The molecule has 2 aromatic heterocycles. The maximum Gasteiger partial charge on any atom is 0.283 e. The molecule has 8 nitrogen and oxygen atoms in total. The SMILES string of the molecule is C=CN=C1C=C(Cl)C=C(C#N)/C1=C(/C)c1c(C)nc2c(C#N)c(C(F)F)nn2c1N1CC(O)C1. The second kappa shape index (κ2) is 8.82. The van der Waals surface area contributed by atoms with Crippen LogP contribution in [0.3, 0.4) is 0 Å². The number of aromatic nitrogens is 3. The molecule has 0 bridgehead atoms. The van der Waals surface area contributed by atoms with E-state index < -0.39 is 18.2 Å². The Kier molecular flexibility index (Phi) is 6.05. The van der Waals surface area contributed by atoms with Crippen LogP contribution in [0.1, 0.15) is 35.9 Å². The molecular weight excluding hydrogens is 464 g/mol. The molecular formula is C23H18ClF2N7O. The van der Waals surface area contributed by atoms with Gasteiger partial charge in [0.15, 0.2) is 5.65 Å². The summed E-state index contributed by atoms with van der Waals surface area (Å²) in [6, 6.07) is 3.91. The van der Waals surface area contributed by atoms with Gasteiger partial charge in [-0.3, -0.25) is 4.99 Å². The van der Waals surface area contributed by atoms with Gasteiger partial charge in [0.1, 0.15) is 23.1 Å². The third kappa shape index (κ3) is 3.67. The number of aliphatic hydroxyl groups is 1. The lowest BCUT2D eigenvalue weighted by atomic mass is 9.88. The average Bonchev–Trinajstić information content (AvgIpc) is 3.14. The van der Waals surface area contributed by atoms with Crippen molar-refractivity contribution < 1.29 is 13.9 Å². The summed E-state index contributed by atoms with van der Waals surface area (Å²) < 4.78 is 28.5. The molecule has 1 fully saturated rings. The fourth-order valence-corrected chi connectivity index (χ4v) is 4.39. The van der Waals surface area contributed by atoms with Crippen molar-refractivity contribution >= 4 is 34.4 Å². The van der Waals surface area contributed by atoms with Crippen LogP contribution in [0.15, 0.2) is 46.1 Å². The molecule has 0 aromatic carbocycles. The molecule has 3 heterocycles. The number of nitrogens with zero attached hydrogens (tertiary/aromatic N) is 7. The number of hydrogen-bond donors (Lipinski definition) is 1. The summed E-state index contributed by atoms with van der Waals surface area (Å²) in [6.45, 7) is 7.53. The van der Waals surface area contributed by atoms with E-state index in [4.69, 9.17) is 11.6 Å². The van der Waals surface area contributed by atoms with E-state index in [0.29, 0.717) is 39.0 Å². The van der Waals surface area contributed by atoms with Crippen LogP contribution < -0.4 is 4.90 Å². The van der Waals surface area contributed by atoms with E-state index in [1.54, 1.807) is 30.9 Å². The molecule has 2 aliphatic rings. The molecule has 0 unspecified atom stereocenters. The van der Waals surface area contributed by atoms with E-state index in [-0.39, 0.29) is 29.9 Å². The zero-order valence-electron chi connectivity index (χ0n) is 18.2. The lowest BCUT2D eigenvalue weighted by molar-refractivity contribution is 0.139. The summed E-state index contributed by atoms with van der Waals surface area (Å²) in [4.78, 5) is 10.5. The minimum atomic E-state index is -2.97. The highest BCUT2D eigenvalue weighted by atomic mass is 35.5. The molecule has 1 N–H and O–H groups in total. The molecule has 0 spiro atoms. The van der Waals surface area contributed by atoms with Crippen LogP contribution in [0.5, 0.6) is 0 Å². The first-order chi connectivity index (χ1) is 16.2. The normalized spacial score (nSPS) is 19.0. The third-order valence-corrected chi connectivity index (χ3v) is 5.83. The smallest absolute Gasteiger partial charge is 0.283 e. The number of halogens is 3. The maximum atomic E-state index is 13.7. The third-order valence-electron chi connectivity index (χ3n) is 5.61. The van der Waals surface area contributed by atoms with Gasteiger partial charge in [-0.2, -0.15) is 20.1 Å². The summed E-state index contributed by atoms with van der Waals surface area (Å²) >= 11 is 6.17. The van der Waals surface area contributed by atoms with Crippen molar-refractivity contribution in [1.82, 2.24) is 14.6 Å². The Balaban J connectivity index is 2.11. The standard InChI is InChI=1S/C23H18ClF2N7O/c1-4-29-17-6-14(24)5-13(7-27)19(17)11(2)18-12(3)30-22-16(8-28)20(21(25)26)31-33(22)23(18)32-9-15(34)10-32/h4-6,15,21,34H,1,9-10H2,2-3H3/b19-11+,29-17?. The summed E-state index contributed by atoms with van der Waals surface area (Å²) in [5, 5.41) is 33.6. The highest BCUT2D eigenvalue weighted by Crippen LogP contribution is 2.39. The van der Waals surface area contributed by atoms with Crippen LogP contribution in [-0.2, 0) is 0 Å². The van der Waals surface area contributed by atoms with Crippen molar-refractivity contribution in [3.8, 4) is 12.1 Å². The topological polar surface area (TPSA) is 114 Å². The summed E-state index contributed by atoms with van der Waals surface area (Å²) in [6.07, 6.45) is 0.848. The van der Waals surface area contributed by atoms with Crippen molar-refractivity contribution in [1.29, 1.82) is 10.5 Å². The Morgan fingerprint density at radius 2 is 2.06 bits per heavy atom. The predicted octanol–water partition coefficient (Wildman–Crippen LogP) is 3.97. The molecule has 172 valence electrons. The Morgan fingerprint density at radius 1 is 1.35 bits per heavy atom. The number of aliphatic imine (C=N–C) groups is 1. The Bertz CT molecular complexity index is 1430. The van der Waals surface area contributed by atoms with Crippen LogP contribution in [0.4, 0.5) is 14.6 Å². The lowest BCUT2D eigenvalue weighted by Gasteiger charge is -2.39. The van der Waals surface area contributed by atoms with Gasteiger partial charge >= 0.3 is 0 Å². The highest BCUT2D eigenvalue weighted by Gasteiger charge is 2.34. The average molecular weight is 482 g/mol. The molecule has 0 atom stereocenters. The predicted molar refractivity (Wildman–Crippen MR) is 123 cm³/mol. The molecule has 4 rings (SSSR count). The van der Waals surface area contributed by atoms with E-state index in [0.717, 1.165) is 0 Å². The van der Waals surface area contributed by atoms with E-state index >= 15 is 0 Å². The van der Waals surface area contributed by atoms with E-state index in [1.807, 2.05) is 0 Å². The van der Waals surface area contributed by atoms with Gasteiger partial charge in [-0.25, -0.2) is 13.8 Å². The summed E-state index contributed by atoms with van der Waals surface area (Å²) in [5.74, 6) is 0.386. The minimum Gasteiger partial charge on any atom is -0.389 e. The van der Waals surface area contributed by atoms with Gasteiger partial charge in [0.2, 0.25) is 0 Å². The van der Waals surface area contributed by atoms with Gasteiger partial charge in [-0.1, -0.05) is 18.2 Å². The number of rotatable bonds is 4. The van der Waals surface area contributed by atoms with Crippen molar-refractivity contribution in [2.45, 2.75) is 26.4 Å². The fourth-order valence-electron chi connectivity index (χ4n) is 4.18. The number of nitriles is 2. The first kappa shape index (κ1) is 23.3. The molecule has 2 aromatic rings. The number of hydrogen-bond acceptors (Lipinski definition) is 7. The van der Waals surface area contributed by atoms with Crippen molar-refractivity contribution in [2.24, 2.45) is 4.99 Å². The first-order valence-corrected chi connectivity index (χ1v) is 10.5. The first-order valence-electron chi connectivity index (χ1n) is 10.2. The number of allylic oxidation sites excluding steroid dienone is 6. The van der Waals surface area contributed by atoms with E-state index in [9.17, 15) is 24.4 Å². The van der Waals surface area contributed by atoms with Gasteiger partial charge in [0.25, 0.3) is 6.43 Å². The zero-order valence-corrected chi connectivity index (χ0v) is 19.0. The molecule has 0 saturated carbocycles. The van der Waals surface area contributed by atoms with Crippen LogP contribution in [0.25, 0.3) is 11.2 Å². The zero-order chi connectivity index (χ0) is 24.7. The Labute approximate surface area is 198 Å². The second-order valence-electron chi connectivity index (χ2n) is 7.76. The largest absolute Gasteiger partial charge is 0.389 e. The molecule has 0 radical (unpaired) electrons. The second-order valence-corrected chi connectivity index (χ2v) is 8.20.